The monoisotopic (exact) mass is 441 g/mol. The van der Waals surface area contributed by atoms with Crippen molar-refractivity contribution in [2.24, 2.45) is 0 Å². The van der Waals surface area contributed by atoms with Gasteiger partial charge in [-0.25, -0.2) is 4.98 Å². The van der Waals surface area contributed by atoms with Crippen LogP contribution in [0.3, 0.4) is 0 Å². The molecule has 8 heteroatoms. The summed E-state index contributed by atoms with van der Waals surface area (Å²) in [6.07, 6.45) is 0.455. The molecule has 0 radical (unpaired) electrons. The van der Waals surface area contributed by atoms with Crippen LogP contribution in [0.15, 0.2) is 35.7 Å². The standard InChI is InChI=1S/C22H23N3O3S2/c1-13-8-25(9-14(2)28-13)10-16-12-29-22(23-16)24-21(26)19-7-15-11-27-18-6-4-3-5-17(18)20(15)30-19/h3-7,12-14H,8-11H2,1-2H3,(H,23,24,26)/t13-,14-/m1/s1. The number of nitrogens with zero attached hydrogens (tertiary/aromatic N) is 2. The van der Waals surface area contributed by atoms with Crippen molar-refractivity contribution in [2.75, 3.05) is 18.4 Å². The van der Waals surface area contributed by atoms with E-state index < -0.39 is 0 Å². The van der Waals surface area contributed by atoms with Crippen LogP contribution in [0.4, 0.5) is 5.13 Å². The van der Waals surface area contributed by atoms with Gasteiger partial charge >= 0.3 is 0 Å². The normalized spacial score (nSPS) is 20.9. The van der Waals surface area contributed by atoms with Crippen LogP contribution in [0.2, 0.25) is 0 Å². The molecule has 1 N–H and O–H groups in total. The molecule has 2 atom stereocenters. The summed E-state index contributed by atoms with van der Waals surface area (Å²) in [6, 6.07) is 9.88. The molecule has 2 aromatic heterocycles. The number of hydrogen-bond acceptors (Lipinski definition) is 7. The highest BCUT2D eigenvalue weighted by Crippen LogP contribution is 2.42. The Balaban J connectivity index is 1.27. The van der Waals surface area contributed by atoms with Gasteiger partial charge in [0.1, 0.15) is 12.4 Å². The molecule has 5 rings (SSSR count). The molecule has 1 fully saturated rings. The van der Waals surface area contributed by atoms with Crippen LogP contribution in [-0.4, -0.2) is 41.1 Å². The number of hydrogen-bond donors (Lipinski definition) is 1. The lowest BCUT2D eigenvalue weighted by Gasteiger charge is -2.34. The average molecular weight is 442 g/mol. The second-order valence-corrected chi connectivity index (χ2v) is 9.71. The smallest absolute Gasteiger partial charge is 0.267 e. The van der Waals surface area contributed by atoms with Crippen LogP contribution >= 0.6 is 22.7 Å². The van der Waals surface area contributed by atoms with Crippen molar-refractivity contribution in [3.63, 3.8) is 0 Å². The Hall–Kier alpha value is -2.26. The molecule has 2 aliphatic heterocycles. The molecule has 2 aliphatic rings. The maximum Gasteiger partial charge on any atom is 0.267 e. The number of thiophene rings is 1. The topological polar surface area (TPSA) is 63.7 Å². The fourth-order valence-corrected chi connectivity index (χ4v) is 5.84. The first kappa shape index (κ1) is 19.7. The molecule has 0 unspecified atom stereocenters. The third kappa shape index (κ3) is 4.00. The Labute approximate surface area is 183 Å². The maximum absolute atomic E-state index is 12.8. The molecule has 0 bridgehead atoms. The summed E-state index contributed by atoms with van der Waals surface area (Å²) in [6.45, 7) is 7.25. The van der Waals surface area contributed by atoms with E-state index in [1.807, 2.05) is 35.7 Å². The minimum absolute atomic E-state index is 0.124. The van der Waals surface area contributed by atoms with Crippen molar-refractivity contribution in [1.29, 1.82) is 0 Å². The first-order valence-corrected chi connectivity index (χ1v) is 11.7. The number of nitrogens with one attached hydrogen (secondary N) is 1. The minimum Gasteiger partial charge on any atom is -0.488 e. The van der Waals surface area contributed by atoms with Crippen molar-refractivity contribution in [2.45, 2.75) is 39.2 Å². The number of para-hydroxylation sites is 1. The summed E-state index contributed by atoms with van der Waals surface area (Å²) >= 11 is 2.97. The Bertz CT molecular complexity index is 1070. The minimum atomic E-state index is -0.124. The van der Waals surface area contributed by atoms with E-state index in [0.29, 0.717) is 16.6 Å². The fraction of sp³-hybridized carbons (Fsp3) is 0.364. The van der Waals surface area contributed by atoms with E-state index in [-0.39, 0.29) is 18.1 Å². The van der Waals surface area contributed by atoms with Crippen LogP contribution in [0.25, 0.3) is 10.4 Å². The van der Waals surface area contributed by atoms with E-state index in [1.54, 1.807) is 0 Å². The summed E-state index contributed by atoms with van der Waals surface area (Å²) in [4.78, 5) is 21.6. The summed E-state index contributed by atoms with van der Waals surface area (Å²) in [7, 11) is 0. The first-order chi connectivity index (χ1) is 14.5. The zero-order chi connectivity index (χ0) is 20.7. The summed E-state index contributed by atoms with van der Waals surface area (Å²) in [5.74, 6) is 0.747. The van der Waals surface area contributed by atoms with Crippen molar-refractivity contribution >= 4 is 33.7 Å². The van der Waals surface area contributed by atoms with Crippen LogP contribution in [-0.2, 0) is 17.9 Å². The second-order valence-electron chi connectivity index (χ2n) is 7.80. The summed E-state index contributed by atoms with van der Waals surface area (Å²) in [5.41, 5.74) is 3.08. The Morgan fingerprint density at radius 3 is 2.90 bits per heavy atom. The Morgan fingerprint density at radius 2 is 2.07 bits per heavy atom. The molecular formula is C22H23N3O3S2. The van der Waals surface area contributed by atoms with Gasteiger partial charge in [0.25, 0.3) is 5.91 Å². The molecule has 30 heavy (non-hydrogen) atoms. The molecule has 4 heterocycles. The number of carbonyl (C=O) groups is 1. The van der Waals surface area contributed by atoms with Crippen LogP contribution < -0.4 is 10.1 Å². The molecule has 6 nitrogen and oxygen atoms in total. The molecule has 0 spiro atoms. The number of rotatable bonds is 4. The van der Waals surface area contributed by atoms with Gasteiger partial charge in [0.15, 0.2) is 5.13 Å². The molecule has 156 valence electrons. The summed E-state index contributed by atoms with van der Waals surface area (Å²) in [5, 5.41) is 5.61. The molecule has 3 aromatic rings. The van der Waals surface area contributed by atoms with E-state index in [1.165, 1.54) is 22.7 Å². The Kier molecular flexibility index (Phi) is 5.32. The highest BCUT2D eigenvalue weighted by atomic mass is 32.1. The number of carbonyl (C=O) groups excluding carboxylic acids is 1. The molecule has 1 amide bonds. The van der Waals surface area contributed by atoms with Crippen molar-refractivity contribution in [3.05, 3.63) is 51.8 Å². The van der Waals surface area contributed by atoms with Crippen LogP contribution in [0.1, 0.15) is 34.8 Å². The van der Waals surface area contributed by atoms with Gasteiger partial charge < -0.3 is 9.47 Å². The van der Waals surface area contributed by atoms with Crippen molar-refractivity contribution in [1.82, 2.24) is 9.88 Å². The predicted molar refractivity (Wildman–Crippen MR) is 119 cm³/mol. The number of morpholine rings is 1. The quantitative estimate of drug-likeness (QED) is 0.640. The Morgan fingerprint density at radius 1 is 1.27 bits per heavy atom. The number of anilines is 1. The van der Waals surface area contributed by atoms with Gasteiger partial charge in [0.2, 0.25) is 0 Å². The van der Waals surface area contributed by atoms with Crippen molar-refractivity contribution in [3.8, 4) is 16.2 Å². The highest BCUT2D eigenvalue weighted by Gasteiger charge is 2.24. The van der Waals surface area contributed by atoms with E-state index in [9.17, 15) is 4.79 Å². The van der Waals surface area contributed by atoms with Gasteiger partial charge in [0, 0.05) is 41.0 Å². The third-order valence-electron chi connectivity index (χ3n) is 5.20. The SMILES string of the molecule is C[C@@H]1CN(Cc2csc(NC(=O)c3cc4c(s3)-c3ccccc3OC4)n2)C[C@@H](C)O1. The first-order valence-electron chi connectivity index (χ1n) is 10.0. The third-order valence-corrected chi connectivity index (χ3v) is 7.22. The summed E-state index contributed by atoms with van der Waals surface area (Å²) < 4.78 is 11.6. The largest absolute Gasteiger partial charge is 0.488 e. The van der Waals surface area contributed by atoms with Crippen LogP contribution in [0.5, 0.6) is 5.75 Å². The lowest BCUT2D eigenvalue weighted by molar-refractivity contribution is -0.0707. The highest BCUT2D eigenvalue weighted by molar-refractivity contribution is 7.18. The lowest BCUT2D eigenvalue weighted by atomic mass is 10.1. The van der Waals surface area contributed by atoms with Gasteiger partial charge in [-0.15, -0.1) is 22.7 Å². The average Bonchev–Trinajstić information content (AvgIpc) is 3.34. The van der Waals surface area contributed by atoms with Gasteiger partial charge in [0.05, 0.1) is 22.8 Å². The van der Waals surface area contributed by atoms with E-state index >= 15 is 0 Å². The van der Waals surface area contributed by atoms with Gasteiger partial charge in [-0.05, 0) is 32.0 Å². The molecule has 1 aromatic carbocycles. The zero-order valence-electron chi connectivity index (χ0n) is 16.9. The van der Waals surface area contributed by atoms with Crippen molar-refractivity contribution < 1.29 is 14.3 Å². The number of amides is 1. The van der Waals surface area contributed by atoms with E-state index in [2.05, 4.69) is 29.0 Å². The number of ether oxygens (including phenoxy) is 2. The van der Waals surface area contributed by atoms with E-state index in [0.717, 1.165) is 47.1 Å². The van der Waals surface area contributed by atoms with Crippen LogP contribution in [0, 0.1) is 0 Å². The lowest BCUT2D eigenvalue weighted by Crippen LogP contribution is -2.44. The second kappa shape index (κ2) is 8.11. The number of benzene rings is 1. The molecular weight excluding hydrogens is 418 g/mol. The van der Waals surface area contributed by atoms with Gasteiger partial charge in [-0.2, -0.15) is 0 Å². The maximum atomic E-state index is 12.8. The molecule has 1 saturated heterocycles. The number of fused-ring (bicyclic) bond motifs is 3. The predicted octanol–water partition coefficient (Wildman–Crippen LogP) is 4.63. The van der Waals surface area contributed by atoms with E-state index in [4.69, 9.17) is 9.47 Å². The fourth-order valence-electron chi connectivity index (χ4n) is 4.05. The zero-order valence-corrected chi connectivity index (χ0v) is 18.5. The number of aromatic nitrogens is 1. The molecule has 0 saturated carbocycles. The number of thiazole rings is 1. The van der Waals surface area contributed by atoms with Gasteiger partial charge in [-0.3, -0.25) is 15.0 Å². The van der Waals surface area contributed by atoms with Gasteiger partial charge in [-0.1, -0.05) is 12.1 Å². The molecule has 0 aliphatic carbocycles.